The van der Waals surface area contributed by atoms with Crippen LogP contribution in [0.4, 0.5) is 0 Å². The summed E-state index contributed by atoms with van der Waals surface area (Å²) in [6.45, 7) is 95.7. The van der Waals surface area contributed by atoms with Crippen LogP contribution in [-0.2, 0) is 28.8 Å². The zero-order chi connectivity index (χ0) is 96.7. The zero-order valence-corrected chi connectivity index (χ0v) is 90.2. The third-order valence-electron chi connectivity index (χ3n) is 34.8. The monoisotopic (exact) mass is 1860 g/mol. The van der Waals surface area contributed by atoms with Gasteiger partial charge in [-0.2, -0.15) is 28.8 Å². The normalized spacial score (nSPS) is 30.1. The van der Waals surface area contributed by atoms with Gasteiger partial charge in [-0.3, -0.25) is 68.6 Å². The minimum absolute atomic E-state index is 0.250. The van der Waals surface area contributed by atoms with Crippen LogP contribution in [0.2, 0.25) is 0 Å². The maximum atomic E-state index is 8.12. The third-order valence-corrected chi connectivity index (χ3v) is 34.8. The first-order valence-corrected chi connectivity index (χ1v) is 55.6. The Kier molecular flexibility index (Phi) is 54.6. The Labute approximate surface area is 811 Å². The van der Waals surface area contributed by atoms with Crippen molar-refractivity contribution in [1.29, 1.82) is 0 Å². The molecule has 768 valence electrons. The Hall–Kier alpha value is -2.58. The fourth-order valence-electron chi connectivity index (χ4n) is 24.7. The summed E-state index contributed by atoms with van der Waals surface area (Å²) in [6, 6.07) is 19.7. The van der Waals surface area contributed by atoms with Gasteiger partial charge in [0.2, 0.25) is 0 Å². The van der Waals surface area contributed by atoms with Gasteiger partial charge in [0.25, 0.3) is 0 Å². The highest BCUT2D eigenvalue weighted by Gasteiger charge is 2.43. The molecular formula is C108H210N18O6. The van der Waals surface area contributed by atoms with E-state index in [0.717, 1.165) is 145 Å². The molecule has 18 saturated heterocycles. The molecule has 132 heavy (non-hydrogen) atoms. The molecule has 0 radical (unpaired) electrons. The summed E-state index contributed by atoms with van der Waals surface area (Å²) in [5, 5.41) is 0. The molecule has 0 spiro atoms. The summed E-state index contributed by atoms with van der Waals surface area (Å²) in [5.74, 6) is 0. The molecule has 0 amide bonds. The van der Waals surface area contributed by atoms with Crippen molar-refractivity contribution < 1.29 is 28.8 Å². The second-order valence-electron chi connectivity index (χ2n) is 46.1. The number of hydrogen-bond acceptors (Lipinski definition) is 24. The Morgan fingerprint density at radius 1 is 0.159 bits per heavy atom. The maximum absolute atomic E-state index is 8.12. The molecule has 0 N–H and O–H groups in total. The highest BCUT2D eigenvalue weighted by Crippen LogP contribution is 2.34. The van der Waals surface area contributed by atoms with Crippen LogP contribution in [0.3, 0.4) is 0 Å². The van der Waals surface area contributed by atoms with Gasteiger partial charge in [0, 0.05) is 243 Å². The smallest absolute Gasteiger partial charge is 0.301 e. The van der Waals surface area contributed by atoms with Crippen LogP contribution in [0, 0.1) is 0 Å². The van der Waals surface area contributed by atoms with E-state index in [0.29, 0.717) is 0 Å². The maximum Gasteiger partial charge on any atom is 0.373 e. The summed E-state index contributed by atoms with van der Waals surface area (Å²) >= 11 is 0. The van der Waals surface area contributed by atoms with Gasteiger partial charge in [-0.25, -0.2) is 0 Å². The molecule has 0 saturated carbocycles. The molecule has 18 aliphatic rings. The number of hydrogen-bond donors (Lipinski definition) is 0. The lowest BCUT2D eigenvalue weighted by molar-refractivity contribution is -0.193. The second kappa shape index (κ2) is 62.0. The molecule has 18 heterocycles. The van der Waals surface area contributed by atoms with E-state index >= 15 is 0 Å². The predicted octanol–water partition coefficient (Wildman–Crippen LogP) is 14.7. The number of piperidine rings is 6. The number of nitrogens with zero attached hydrogens (tertiary/aromatic N) is 18. The van der Waals surface area contributed by atoms with Crippen molar-refractivity contribution in [2.75, 3.05) is 196 Å². The van der Waals surface area contributed by atoms with E-state index in [4.69, 9.17) is 28.8 Å². The fourth-order valence-corrected chi connectivity index (χ4v) is 24.7. The summed E-state index contributed by atoms with van der Waals surface area (Å²) in [4.78, 5) is 96.6. The zero-order valence-electron chi connectivity index (χ0n) is 90.2. The van der Waals surface area contributed by atoms with Crippen LogP contribution >= 0.6 is 0 Å². The molecule has 24 nitrogen and oxygen atoms in total. The first-order chi connectivity index (χ1) is 63.1. The van der Waals surface area contributed by atoms with Crippen LogP contribution in [0.1, 0.15) is 340 Å². The van der Waals surface area contributed by atoms with Gasteiger partial charge in [-0.05, 0) is 418 Å². The summed E-state index contributed by atoms with van der Waals surface area (Å²) in [7, 11) is 0. The van der Waals surface area contributed by atoms with E-state index in [-0.39, 0.29) is 18.5 Å². The van der Waals surface area contributed by atoms with Crippen molar-refractivity contribution >= 4 is 18.5 Å². The van der Waals surface area contributed by atoms with Crippen molar-refractivity contribution in [1.82, 2.24) is 88.2 Å². The molecule has 0 aromatic rings. The van der Waals surface area contributed by atoms with Gasteiger partial charge >= 0.3 is 18.5 Å². The molecule has 18 rings (SSSR count). The predicted molar refractivity (Wildman–Crippen MR) is 546 cm³/mol. The Morgan fingerprint density at radius 2 is 0.341 bits per heavy atom. The third kappa shape index (κ3) is 38.0. The molecule has 9 unspecified atom stereocenters. The lowest BCUT2D eigenvalue weighted by Gasteiger charge is -2.53. The molecule has 18 aliphatic heterocycles. The van der Waals surface area contributed by atoms with Crippen LogP contribution in [0.25, 0.3) is 0 Å². The number of likely N-dealkylation sites (tertiary alicyclic amines) is 18. The highest BCUT2D eigenvalue weighted by atomic mass is 16.2. The van der Waals surface area contributed by atoms with Crippen LogP contribution in [-0.4, -0.2) is 448 Å². The van der Waals surface area contributed by atoms with Gasteiger partial charge in [0.05, 0.1) is 0 Å². The minimum atomic E-state index is 0.250. The largest absolute Gasteiger partial charge is 0.373 e. The fraction of sp³-hybridized carbons (Fsp3) is 0.972. The summed E-state index contributed by atoms with van der Waals surface area (Å²) < 4.78 is 0. The van der Waals surface area contributed by atoms with Crippen molar-refractivity contribution in [2.45, 2.75) is 485 Å². The Morgan fingerprint density at radius 3 is 0.583 bits per heavy atom. The van der Waals surface area contributed by atoms with Crippen molar-refractivity contribution in [3.63, 3.8) is 0 Å². The number of rotatable bonds is 18. The standard InChI is InChI=1S/3C13H26N2.2C12H24N2.2C11H22N2.2C10H20N2.3CO2/c1-11(2)14-9-6-13(7-10-14)15-8-4-5-12(15)3;1-11(2)14-9-7-13(10-14)15-8-5-4-6-12(15)3;1-12(2)14-10-6-13(7-11-14)15-8-4-3-5-9-15;1-10(2)13-7-5-12(6-8-13)14-9-4-11(14)3;1-10(2)13-8-6-12(9-13)14-7-4-5-11(14)3;1-9(2)12-6-5-11(8-12)13-7-4-10(13)3;1-10(2)13-8-11(9-13)12-6-4-3-5-7-12;1-8(2)11-6-10(7-11)12-5-4-9(12)3;1-9(2)12-7-10(8-12)11-5-3-4-6-11;3*2-1-3/h2*11-13H,4-10H2,1-3H3;12-13H,3-11H2,1-2H3;2*10-12H,4-9H2,1-3H3;9-11H,4-8H2,1-3H3;10-11H,3-9H2,1-2H3;8-10H,4-7H2,1-3H3;9-10H,3-8H2,1-2H3;;;. The lowest BCUT2D eigenvalue weighted by Crippen LogP contribution is -2.66. The minimum Gasteiger partial charge on any atom is -0.301 e. The van der Waals surface area contributed by atoms with Gasteiger partial charge in [0.15, 0.2) is 0 Å². The van der Waals surface area contributed by atoms with E-state index in [1.54, 1.807) is 0 Å². The molecule has 0 bridgehead atoms. The van der Waals surface area contributed by atoms with Crippen LogP contribution < -0.4 is 0 Å². The quantitative estimate of drug-likeness (QED) is 0.127. The molecular weight excluding hydrogens is 1650 g/mol. The summed E-state index contributed by atoms with van der Waals surface area (Å²) in [5.41, 5.74) is 0. The van der Waals surface area contributed by atoms with Crippen molar-refractivity contribution in [3.8, 4) is 0 Å². The van der Waals surface area contributed by atoms with E-state index in [2.05, 4.69) is 254 Å². The molecule has 18 fully saturated rings. The molecule has 0 aromatic carbocycles. The Balaban J connectivity index is 0.000000201. The first kappa shape index (κ1) is 116. The average molecular weight is 1860 g/mol. The van der Waals surface area contributed by atoms with Gasteiger partial charge in [0.1, 0.15) is 0 Å². The average Bonchev–Trinajstić information content (AvgIpc) is 1.05. The van der Waals surface area contributed by atoms with Gasteiger partial charge in [-0.1, -0.05) is 19.3 Å². The topological polar surface area (TPSA) is 161 Å². The van der Waals surface area contributed by atoms with E-state index in [9.17, 15) is 0 Å². The van der Waals surface area contributed by atoms with Crippen molar-refractivity contribution in [3.05, 3.63) is 0 Å². The van der Waals surface area contributed by atoms with Crippen molar-refractivity contribution in [2.24, 2.45) is 0 Å². The van der Waals surface area contributed by atoms with E-state index in [1.807, 2.05) is 0 Å². The number of carbonyl (C=O) groups excluding carboxylic acids is 6. The molecule has 0 aliphatic carbocycles. The van der Waals surface area contributed by atoms with Crippen LogP contribution in [0.15, 0.2) is 0 Å². The highest BCUT2D eigenvalue weighted by molar-refractivity contribution is 5.20. The van der Waals surface area contributed by atoms with E-state index in [1.165, 1.54) is 370 Å². The van der Waals surface area contributed by atoms with E-state index < -0.39 is 0 Å². The first-order valence-electron chi connectivity index (χ1n) is 55.6. The lowest BCUT2D eigenvalue weighted by atomic mass is 9.94. The van der Waals surface area contributed by atoms with Gasteiger partial charge < -0.3 is 19.6 Å². The summed E-state index contributed by atoms with van der Waals surface area (Å²) in [6.07, 6.45) is 39.0. The van der Waals surface area contributed by atoms with Crippen LogP contribution in [0.5, 0.6) is 0 Å². The van der Waals surface area contributed by atoms with Gasteiger partial charge in [-0.15, -0.1) is 0 Å². The second-order valence-corrected chi connectivity index (χ2v) is 46.1. The SMILES string of the molecule is CC(C)N1CC(N2CCC2C)C1.CC(C)N1CC(N2CCCC2)C1.CC(C)N1CC(N2CCCCC2)C1.CC(C)N1CCC(N2CCC2C)C1.CC(C)N1CCC(N2CCC2C)CC1.CC(C)N1CCC(N2CCCC2C)C1.CC(C)N1CCC(N2CCCC2C)CC1.CC(C)N1CCC(N2CCCCC2)CC1.CC(C)N1CCC(N2CCCCC2C)C1.O=C=O.O=C=O.O=C=O. The molecule has 9 atom stereocenters. The molecule has 24 heteroatoms. The molecule has 0 aromatic heterocycles. The Bertz CT molecular complexity index is 3030.